The first-order valence-corrected chi connectivity index (χ1v) is 8.40. The number of methoxy groups -OCH3 is 1. The van der Waals surface area contributed by atoms with E-state index in [1.165, 1.54) is 18.5 Å². The molecule has 132 valence electrons. The quantitative estimate of drug-likeness (QED) is 0.870. The minimum atomic E-state index is 0. The van der Waals surface area contributed by atoms with E-state index in [4.69, 9.17) is 10.5 Å². The first-order chi connectivity index (χ1) is 11.3. The summed E-state index contributed by atoms with van der Waals surface area (Å²) in [4.78, 5) is 2.52. The number of aromatic nitrogens is 2. The van der Waals surface area contributed by atoms with Gasteiger partial charge in [-0.15, -0.1) is 12.4 Å². The van der Waals surface area contributed by atoms with Crippen molar-refractivity contribution in [3.63, 3.8) is 0 Å². The topological polar surface area (TPSA) is 56.3 Å². The van der Waals surface area contributed by atoms with Crippen molar-refractivity contribution in [3.8, 4) is 11.4 Å². The van der Waals surface area contributed by atoms with Gasteiger partial charge in [-0.2, -0.15) is 5.10 Å². The van der Waals surface area contributed by atoms with Gasteiger partial charge in [0.1, 0.15) is 11.4 Å². The third kappa shape index (κ3) is 4.29. The number of hydrogen-bond acceptors (Lipinski definition) is 4. The van der Waals surface area contributed by atoms with Crippen LogP contribution in [0.25, 0.3) is 5.69 Å². The van der Waals surface area contributed by atoms with Crippen molar-refractivity contribution in [1.82, 2.24) is 14.7 Å². The van der Waals surface area contributed by atoms with Crippen molar-refractivity contribution >= 4 is 12.4 Å². The average Bonchev–Trinajstić information content (AvgIpc) is 3.03. The SMILES string of the molecule is COc1ccccc1-n1nccc1CN1CCCC(CCN)C1.Cl. The van der Waals surface area contributed by atoms with E-state index in [2.05, 4.69) is 16.1 Å². The lowest BCUT2D eigenvalue weighted by molar-refractivity contribution is 0.160. The molecule has 0 spiro atoms. The van der Waals surface area contributed by atoms with Crippen LogP contribution in [0.5, 0.6) is 5.75 Å². The molecule has 0 saturated carbocycles. The van der Waals surface area contributed by atoms with Crippen LogP contribution in [0.4, 0.5) is 0 Å². The molecule has 2 heterocycles. The Morgan fingerprint density at radius 1 is 1.29 bits per heavy atom. The van der Waals surface area contributed by atoms with Gasteiger partial charge in [0.15, 0.2) is 0 Å². The number of rotatable bonds is 6. The molecule has 1 saturated heterocycles. The van der Waals surface area contributed by atoms with Crippen molar-refractivity contribution in [2.75, 3.05) is 26.7 Å². The van der Waals surface area contributed by atoms with E-state index in [9.17, 15) is 0 Å². The van der Waals surface area contributed by atoms with Gasteiger partial charge < -0.3 is 10.5 Å². The molecule has 0 radical (unpaired) electrons. The van der Waals surface area contributed by atoms with Crippen LogP contribution in [-0.2, 0) is 6.54 Å². The summed E-state index contributed by atoms with van der Waals surface area (Å²) in [6, 6.07) is 10.1. The molecule has 2 N–H and O–H groups in total. The van der Waals surface area contributed by atoms with Gasteiger partial charge in [0.05, 0.1) is 12.8 Å². The lowest BCUT2D eigenvalue weighted by Gasteiger charge is -2.32. The van der Waals surface area contributed by atoms with E-state index >= 15 is 0 Å². The number of para-hydroxylation sites is 2. The van der Waals surface area contributed by atoms with Gasteiger partial charge >= 0.3 is 0 Å². The largest absolute Gasteiger partial charge is 0.494 e. The number of benzene rings is 1. The zero-order valence-electron chi connectivity index (χ0n) is 14.2. The van der Waals surface area contributed by atoms with Crippen LogP contribution in [0.15, 0.2) is 36.5 Å². The molecule has 24 heavy (non-hydrogen) atoms. The molecule has 1 aliphatic rings. The predicted molar refractivity (Wildman–Crippen MR) is 99.0 cm³/mol. The Kier molecular flexibility index (Phi) is 7.09. The van der Waals surface area contributed by atoms with E-state index in [1.54, 1.807) is 7.11 Å². The van der Waals surface area contributed by atoms with Crippen molar-refractivity contribution < 1.29 is 4.74 Å². The molecule has 1 aromatic heterocycles. The number of ether oxygens (including phenoxy) is 1. The van der Waals surface area contributed by atoms with Crippen LogP contribution >= 0.6 is 12.4 Å². The Morgan fingerprint density at radius 2 is 2.12 bits per heavy atom. The Balaban J connectivity index is 0.00000208. The normalized spacial score (nSPS) is 18.2. The number of likely N-dealkylation sites (tertiary alicyclic amines) is 1. The average molecular weight is 351 g/mol. The Labute approximate surface area is 150 Å². The maximum atomic E-state index is 5.73. The number of hydrogen-bond donors (Lipinski definition) is 1. The third-order valence-electron chi connectivity index (χ3n) is 4.60. The summed E-state index contributed by atoms with van der Waals surface area (Å²) < 4.78 is 7.47. The molecule has 3 rings (SSSR count). The van der Waals surface area contributed by atoms with Gasteiger partial charge in [0, 0.05) is 19.3 Å². The smallest absolute Gasteiger partial charge is 0.144 e. The monoisotopic (exact) mass is 350 g/mol. The van der Waals surface area contributed by atoms with E-state index in [0.29, 0.717) is 0 Å². The molecule has 1 fully saturated rings. The molecule has 1 aliphatic heterocycles. The number of piperidine rings is 1. The Morgan fingerprint density at radius 3 is 2.92 bits per heavy atom. The fourth-order valence-corrected chi connectivity index (χ4v) is 3.47. The van der Waals surface area contributed by atoms with Crippen LogP contribution in [0, 0.1) is 5.92 Å². The predicted octanol–water partition coefficient (Wildman–Crippen LogP) is 2.86. The molecule has 6 heteroatoms. The highest BCUT2D eigenvalue weighted by Gasteiger charge is 2.21. The van der Waals surface area contributed by atoms with E-state index in [1.807, 2.05) is 35.1 Å². The molecular formula is C18H27ClN4O. The summed E-state index contributed by atoms with van der Waals surface area (Å²) in [5, 5.41) is 4.51. The van der Waals surface area contributed by atoms with Gasteiger partial charge in [0.2, 0.25) is 0 Å². The van der Waals surface area contributed by atoms with Crippen molar-refractivity contribution in [2.24, 2.45) is 11.7 Å². The number of nitrogens with two attached hydrogens (primary N) is 1. The molecule has 2 aromatic rings. The van der Waals surface area contributed by atoms with Gasteiger partial charge in [-0.25, -0.2) is 4.68 Å². The van der Waals surface area contributed by atoms with Crippen LogP contribution in [0.2, 0.25) is 0 Å². The molecule has 1 unspecified atom stereocenters. The standard InChI is InChI=1S/C18H26N4O.ClH/c1-23-18-7-3-2-6-17(18)22-16(9-11-20-22)14-21-12-4-5-15(13-21)8-10-19;/h2-3,6-7,9,11,15H,4-5,8,10,12-14,19H2,1H3;1H. The van der Waals surface area contributed by atoms with Crippen LogP contribution in [-0.4, -0.2) is 41.4 Å². The van der Waals surface area contributed by atoms with Crippen molar-refractivity contribution in [2.45, 2.75) is 25.8 Å². The van der Waals surface area contributed by atoms with Crippen molar-refractivity contribution in [3.05, 3.63) is 42.2 Å². The summed E-state index contributed by atoms with van der Waals surface area (Å²) >= 11 is 0. The fourth-order valence-electron chi connectivity index (χ4n) is 3.47. The zero-order chi connectivity index (χ0) is 16.1. The van der Waals surface area contributed by atoms with Crippen LogP contribution in [0.1, 0.15) is 25.0 Å². The summed E-state index contributed by atoms with van der Waals surface area (Å²) in [5.41, 5.74) is 7.91. The van der Waals surface area contributed by atoms with Crippen LogP contribution in [0.3, 0.4) is 0 Å². The van der Waals surface area contributed by atoms with Crippen molar-refractivity contribution in [1.29, 1.82) is 0 Å². The highest BCUT2D eigenvalue weighted by atomic mass is 35.5. The number of halogens is 1. The fraction of sp³-hybridized carbons (Fsp3) is 0.500. The maximum absolute atomic E-state index is 5.73. The highest BCUT2D eigenvalue weighted by Crippen LogP contribution is 2.25. The Bertz CT molecular complexity index is 629. The maximum Gasteiger partial charge on any atom is 0.144 e. The van der Waals surface area contributed by atoms with E-state index in [-0.39, 0.29) is 12.4 Å². The third-order valence-corrected chi connectivity index (χ3v) is 4.60. The second-order valence-corrected chi connectivity index (χ2v) is 6.23. The molecule has 0 bridgehead atoms. The summed E-state index contributed by atoms with van der Waals surface area (Å²) in [7, 11) is 1.70. The second kappa shape index (κ2) is 9.06. The minimum Gasteiger partial charge on any atom is -0.494 e. The Hall–Kier alpha value is -1.56. The van der Waals surface area contributed by atoms with Gasteiger partial charge in [0.25, 0.3) is 0 Å². The lowest BCUT2D eigenvalue weighted by atomic mass is 9.95. The lowest BCUT2D eigenvalue weighted by Crippen LogP contribution is -2.36. The first kappa shape index (κ1) is 18.8. The second-order valence-electron chi connectivity index (χ2n) is 6.23. The van der Waals surface area contributed by atoms with Gasteiger partial charge in [-0.3, -0.25) is 4.90 Å². The minimum absolute atomic E-state index is 0. The zero-order valence-corrected chi connectivity index (χ0v) is 15.0. The van der Waals surface area contributed by atoms with Gasteiger partial charge in [-0.05, 0) is 56.5 Å². The molecular weight excluding hydrogens is 324 g/mol. The molecule has 1 atom stereocenters. The molecule has 5 nitrogen and oxygen atoms in total. The first-order valence-electron chi connectivity index (χ1n) is 8.40. The highest BCUT2D eigenvalue weighted by molar-refractivity contribution is 5.85. The van der Waals surface area contributed by atoms with Gasteiger partial charge in [-0.1, -0.05) is 12.1 Å². The summed E-state index contributed by atoms with van der Waals surface area (Å²) in [6.45, 7) is 3.99. The number of nitrogens with zero attached hydrogens (tertiary/aromatic N) is 3. The van der Waals surface area contributed by atoms with Crippen LogP contribution < -0.4 is 10.5 Å². The molecule has 1 aromatic carbocycles. The summed E-state index contributed by atoms with van der Waals surface area (Å²) in [5.74, 6) is 1.58. The molecule has 0 amide bonds. The summed E-state index contributed by atoms with van der Waals surface area (Å²) in [6.07, 6.45) is 5.55. The van der Waals surface area contributed by atoms with E-state index < -0.39 is 0 Å². The van der Waals surface area contributed by atoms with E-state index in [0.717, 1.165) is 50.0 Å². The molecule has 0 aliphatic carbocycles.